The Hall–Kier alpha value is 0.310. The molecule has 1 nitrogen and oxygen atoms in total. The fraction of sp³-hybridized carbons (Fsp3) is 1.00. The highest BCUT2D eigenvalue weighted by atomic mass is 32.1. The molecule has 0 bridgehead atoms. The van der Waals surface area contributed by atoms with Crippen molar-refractivity contribution in [3.63, 3.8) is 0 Å². The molecule has 0 aromatic heterocycles. The normalized spacial score (nSPS) is 14.5. The summed E-state index contributed by atoms with van der Waals surface area (Å²) in [6, 6.07) is 0.679. The van der Waals surface area contributed by atoms with E-state index in [-0.39, 0.29) is 0 Å². The van der Waals surface area contributed by atoms with Gasteiger partial charge < -0.3 is 4.90 Å². The van der Waals surface area contributed by atoms with Crippen molar-refractivity contribution in [2.24, 2.45) is 11.3 Å². The van der Waals surface area contributed by atoms with Crippen molar-refractivity contribution in [1.82, 2.24) is 4.90 Å². The van der Waals surface area contributed by atoms with Crippen LogP contribution in [-0.2, 0) is 0 Å². The van der Waals surface area contributed by atoms with Gasteiger partial charge in [-0.15, -0.1) is 0 Å². The lowest BCUT2D eigenvalue weighted by atomic mass is 9.80. The van der Waals surface area contributed by atoms with Crippen LogP contribution < -0.4 is 0 Å². The van der Waals surface area contributed by atoms with Gasteiger partial charge in [-0.2, -0.15) is 12.6 Å². The van der Waals surface area contributed by atoms with Crippen molar-refractivity contribution in [2.75, 3.05) is 19.3 Å². The molecule has 110 valence electrons. The molecule has 0 heterocycles. The third-order valence-corrected chi connectivity index (χ3v) is 4.72. The maximum absolute atomic E-state index is 4.66. The van der Waals surface area contributed by atoms with E-state index in [2.05, 4.69) is 59.2 Å². The standard InChI is InChI=1S/C16H35NS/c1-7-9-16(13-18,10-8-2)12-17(6)15(5)11-14(3)4/h14-15,18H,7-13H2,1-6H3. The minimum absolute atomic E-state index is 0.423. The van der Waals surface area contributed by atoms with E-state index in [0.717, 1.165) is 11.7 Å². The molecule has 0 aliphatic carbocycles. The largest absolute Gasteiger partial charge is 0.303 e. The van der Waals surface area contributed by atoms with Gasteiger partial charge in [-0.05, 0) is 50.3 Å². The Morgan fingerprint density at radius 1 is 1.06 bits per heavy atom. The summed E-state index contributed by atoms with van der Waals surface area (Å²) < 4.78 is 0. The van der Waals surface area contributed by atoms with Crippen LogP contribution in [0.2, 0.25) is 0 Å². The van der Waals surface area contributed by atoms with Crippen molar-refractivity contribution >= 4 is 12.6 Å². The van der Waals surface area contributed by atoms with Crippen LogP contribution in [-0.4, -0.2) is 30.3 Å². The molecular formula is C16H35NS. The van der Waals surface area contributed by atoms with Crippen LogP contribution in [0.25, 0.3) is 0 Å². The molecule has 0 fully saturated rings. The van der Waals surface area contributed by atoms with Gasteiger partial charge in [0.1, 0.15) is 0 Å². The summed E-state index contributed by atoms with van der Waals surface area (Å²) in [5, 5.41) is 0. The highest BCUT2D eigenvalue weighted by Crippen LogP contribution is 2.33. The predicted octanol–water partition coefficient (Wildman–Crippen LogP) is 4.87. The van der Waals surface area contributed by atoms with Gasteiger partial charge >= 0.3 is 0 Å². The first kappa shape index (κ1) is 18.3. The summed E-state index contributed by atoms with van der Waals surface area (Å²) >= 11 is 4.66. The maximum atomic E-state index is 4.66. The molecule has 0 aliphatic heterocycles. The molecule has 0 aromatic rings. The van der Waals surface area contributed by atoms with E-state index in [1.807, 2.05) is 0 Å². The van der Waals surface area contributed by atoms with Crippen LogP contribution in [0.1, 0.15) is 66.7 Å². The lowest BCUT2D eigenvalue weighted by molar-refractivity contribution is 0.129. The van der Waals surface area contributed by atoms with Gasteiger partial charge in [0.05, 0.1) is 0 Å². The number of thiol groups is 1. The minimum Gasteiger partial charge on any atom is -0.303 e. The van der Waals surface area contributed by atoms with E-state index >= 15 is 0 Å². The Bertz CT molecular complexity index is 197. The molecule has 18 heavy (non-hydrogen) atoms. The van der Waals surface area contributed by atoms with Crippen molar-refractivity contribution in [3.8, 4) is 0 Å². The third kappa shape index (κ3) is 6.47. The van der Waals surface area contributed by atoms with Gasteiger partial charge in [-0.3, -0.25) is 0 Å². The Morgan fingerprint density at radius 2 is 1.56 bits per heavy atom. The molecule has 0 radical (unpaired) electrons. The summed E-state index contributed by atoms with van der Waals surface area (Å²) in [7, 11) is 2.29. The third-order valence-electron chi connectivity index (χ3n) is 4.05. The average Bonchev–Trinajstić information content (AvgIpc) is 2.28. The molecule has 0 amide bonds. The SMILES string of the molecule is CCCC(CS)(CCC)CN(C)C(C)CC(C)C. The van der Waals surface area contributed by atoms with Gasteiger partial charge in [-0.25, -0.2) is 0 Å². The highest BCUT2D eigenvalue weighted by molar-refractivity contribution is 7.80. The topological polar surface area (TPSA) is 3.24 Å². The van der Waals surface area contributed by atoms with Crippen LogP contribution in [0.15, 0.2) is 0 Å². The van der Waals surface area contributed by atoms with Crippen molar-refractivity contribution in [1.29, 1.82) is 0 Å². The van der Waals surface area contributed by atoms with Crippen LogP contribution >= 0.6 is 12.6 Å². The van der Waals surface area contributed by atoms with E-state index in [4.69, 9.17) is 0 Å². The zero-order valence-electron chi connectivity index (χ0n) is 13.5. The number of hydrogen-bond donors (Lipinski definition) is 1. The first-order valence-electron chi connectivity index (χ1n) is 7.71. The molecule has 0 rings (SSSR count). The van der Waals surface area contributed by atoms with E-state index in [0.29, 0.717) is 11.5 Å². The fourth-order valence-corrected chi connectivity index (χ4v) is 3.52. The molecule has 0 spiro atoms. The predicted molar refractivity (Wildman–Crippen MR) is 87.6 cm³/mol. The van der Waals surface area contributed by atoms with E-state index < -0.39 is 0 Å². The number of rotatable bonds is 10. The van der Waals surface area contributed by atoms with Crippen molar-refractivity contribution < 1.29 is 0 Å². The summed E-state index contributed by atoms with van der Waals surface area (Å²) in [4.78, 5) is 2.56. The molecule has 1 atom stereocenters. The lowest BCUT2D eigenvalue weighted by Crippen LogP contribution is -2.41. The zero-order valence-corrected chi connectivity index (χ0v) is 14.4. The highest BCUT2D eigenvalue weighted by Gasteiger charge is 2.29. The molecule has 1 unspecified atom stereocenters. The molecular weight excluding hydrogens is 238 g/mol. The number of hydrogen-bond acceptors (Lipinski definition) is 2. The molecule has 0 N–H and O–H groups in total. The van der Waals surface area contributed by atoms with Gasteiger partial charge in [-0.1, -0.05) is 40.5 Å². The second-order valence-corrected chi connectivity index (χ2v) is 6.87. The van der Waals surface area contributed by atoms with Crippen LogP contribution in [0.3, 0.4) is 0 Å². The minimum atomic E-state index is 0.423. The summed E-state index contributed by atoms with van der Waals surface area (Å²) in [6.07, 6.45) is 6.45. The number of nitrogens with zero attached hydrogens (tertiary/aromatic N) is 1. The van der Waals surface area contributed by atoms with E-state index in [1.54, 1.807) is 0 Å². The quantitative estimate of drug-likeness (QED) is 0.556. The zero-order chi connectivity index (χ0) is 14.2. The lowest BCUT2D eigenvalue weighted by Gasteiger charge is -2.39. The van der Waals surface area contributed by atoms with Crippen molar-refractivity contribution in [3.05, 3.63) is 0 Å². The molecule has 2 heteroatoms. The molecule has 0 aliphatic rings. The van der Waals surface area contributed by atoms with Crippen LogP contribution in [0.4, 0.5) is 0 Å². The molecule has 0 aromatic carbocycles. The second kappa shape index (κ2) is 9.25. The average molecular weight is 274 g/mol. The Kier molecular flexibility index (Phi) is 9.41. The Labute approximate surface area is 121 Å². The molecule has 0 saturated heterocycles. The smallest absolute Gasteiger partial charge is 0.00665 e. The van der Waals surface area contributed by atoms with Gasteiger partial charge in [0.15, 0.2) is 0 Å². The second-order valence-electron chi connectivity index (χ2n) is 6.55. The van der Waals surface area contributed by atoms with Crippen LogP contribution in [0, 0.1) is 11.3 Å². The molecule has 0 saturated carbocycles. The van der Waals surface area contributed by atoms with Crippen LogP contribution in [0.5, 0.6) is 0 Å². The first-order valence-corrected chi connectivity index (χ1v) is 8.35. The Morgan fingerprint density at radius 3 is 1.89 bits per heavy atom. The van der Waals surface area contributed by atoms with E-state index in [9.17, 15) is 0 Å². The van der Waals surface area contributed by atoms with E-state index in [1.165, 1.54) is 38.6 Å². The first-order chi connectivity index (χ1) is 8.40. The summed E-state index contributed by atoms with van der Waals surface area (Å²) in [5.41, 5.74) is 0.423. The Balaban J connectivity index is 4.54. The monoisotopic (exact) mass is 273 g/mol. The maximum Gasteiger partial charge on any atom is 0.00665 e. The van der Waals surface area contributed by atoms with Gasteiger partial charge in [0, 0.05) is 12.6 Å². The van der Waals surface area contributed by atoms with Gasteiger partial charge in [0.25, 0.3) is 0 Å². The van der Waals surface area contributed by atoms with Gasteiger partial charge in [0.2, 0.25) is 0 Å². The van der Waals surface area contributed by atoms with Crippen molar-refractivity contribution in [2.45, 2.75) is 72.8 Å². The fourth-order valence-electron chi connectivity index (χ4n) is 3.10. The summed E-state index contributed by atoms with van der Waals surface area (Å²) in [5.74, 6) is 1.80. The summed E-state index contributed by atoms with van der Waals surface area (Å²) in [6.45, 7) is 12.8.